The van der Waals surface area contributed by atoms with Gasteiger partial charge in [0.05, 0.1) is 30.5 Å². The summed E-state index contributed by atoms with van der Waals surface area (Å²) in [5.41, 5.74) is 7.80. The molecule has 0 aliphatic heterocycles. The molecule has 0 fully saturated rings. The van der Waals surface area contributed by atoms with E-state index in [-0.39, 0.29) is 12.5 Å². The summed E-state index contributed by atoms with van der Waals surface area (Å²) in [6.07, 6.45) is 0. The van der Waals surface area contributed by atoms with Gasteiger partial charge in [-0.2, -0.15) is 5.10 Å². The molecule has 0 spiro atoms. The number of benzene rings is 1. The van der Waals surface area contributed by atoms with Crippen LogP contribution in [-0.2, 0) is 16.1 Å². The lowest BCUT2D eigenvalue weighted by atomic mass is 10.1. The highest BCUT2D eigenvalue weighted by Gasteiger charge is 2.27. The lowest BCUT2D eigenvalue weighted by Crippen LogP contribution is -2.50. The molecule has 1 aromatic carbocycles. The largest absolute Gasteiger partial charge is 0.374 e. The predicted octanol–water partition coefficient (Wildman–Crippen LogP) is 2.72. The van der Waals surface area contributed by atoms with Crippen molar-refractivity contribution in [3.63, 3.8) is 0 Å². The van der Waals surface area contributed by atoms with Crippen LogP contribution in [0.3, 0.4) is 0 Å². The van der Waals surface area contributed by atoms with Crippen LogP contribution in [0.25, 0.3) is 11.0 Å². The monoisotopic (exact) mass is 387 g/mol. The zero-order valence-corrected chi connectivity index (χ0v) is 16.0. The number of rotatable bonds is 7. The van der Waals surface area contributed by atoms with E-state index >= 15 is 0 Å². The number of nitrogens with zero attached hydrogens (tertiary/aromatic N) is 2. The van der Waals surface area contributed by atoms with E-state index in [0.717, 1.165) is 5.56 Å². The van der Waals surface area contributed by atoms with Crippen molar-refractivity contribution in [2.45, 2.75) is 32.0 Å². The van der Waals surface area contributed by atoms with Crippen molar-refractivity contribution in [2.24, 2.45) is 5.73 Å². The summed E-state index contributed by atoms with van der Waals surface area (Å²) in [5, 5.41) is 10.4. The van der Waals surface area contributed by atoms with E-state index in [4.69, 9.17) is 22.1 Å². The van der Waals surface area contributed by atoms with Gasteiger partial charge < -0.3 is 15.8 Å². The Kier molecular flexibility index (Phi) is 5.74. The number of nitrogens with one attached hydrogen (secondary N) is 2. The second-order valence-electron chi connectivity index (χ2n) is 6.89. The number of H-pyrrole nitrogens is 1. The second-order valence-corrected chi connectivity index (χ2v) is 7.27. The Balaban J connectivity index is 1.82. The number of fused-ring (bicyclic) bond motifs is 1. The fraction of sp³-hybridized carbons (Fsp3) is 0.316. The van der Waals surface area contributed by atoms with Crippen LogP contribution in [-0.4, -0.2) is 33.2 Å². The van der Waals surface area contributed by atoms with Gasteiger partial charge in [-0.25, -0.2) is 4.98 Å². The first-order valence-electron chi connectivity index (χ1n) is 8.56. The molecule has 7 nitrogen and oxygen atoms in total. The molecule has 8 heteroatoms. The van der Waals surface area contributed by atoms with Gasteiger partial charge in [-0.3, -0.25) is 9.89 Å². The Morgan fingerprint density at radius 2 is 2.04 bits per heavy atom. The summed E-state index contributed by atoms with van der Waals surface area (Å²) in [4.78, 5) is 16.8. The first-order valence-corrected chi connectivity index (χ1v) is 8.94. The third-order valence-electron chi connectivity index (χ3n) is 4.03. The Morgan fingerprint density at radius 1 is 1.30 bits per heavy atom. The Bertz CT molecular complexity index is 921. The fourth-order valence-corrected chi connectivity index (χ4v) is 2.69. The maximum absolute atomic E-state index is 12.4. The number of carbonyl (C=O) groups excluding carboxylic acids is 1. The molecule has 0 aliphatic rings. The first-order chi connectivity index (χ1) is 12.8. The number of ether oxygens (including phenoxy) is 1. The molecule has 27 heavy (non-hydrogen) atoms. The molecule has 2 heterocycles. The molecule has 0 unspecified atom stereocenters. The van der Waals surface area contributed by atoms with E-state index < -0.39 is 11.6 Å². The van der Waals surface area contributed by atoms with Gasteiger partial charge in [0.2, 0.25) is 5.91 Å². The highest BCUT2D eigenvalue weighted by atomic mass is 35.5. The quantitative estimate of drug-likeness (QED) is 0.540. The second kappa shape index (κ2) is 8.04. The predicted molar refractivity (Wildman–Crippen MR) is 104 cm³/mol. The van der Waals surface area contributed by atoms with Crippen LogP contribution in [0.1, 0.15) is 31.1 Å². The highest BCUT2D eigenvalue weighted by Crippen LogP contribution is 2.23. The number of aromatic nitrogens is 3. The molecule has 1 atom stereocenters. The zero-order valence-electron chi connectivity index (χ0n) is 15.2. The zero-order chi connectivity index (χ0) is 19.4. The van der Waals surface area contributed by atoms with Crippen LogP contribution < -0.4 is 11.1 Å². The average Bonchev–Trinajstić information content (AvgIpc) is 3.03. The maximum Gasteiger partial charge on any atom is 0.240 e. The molecule has 4 N–H and O–H groups in total. The SMILES string of the molecule is CC(C)(N)C(=O)N[C@@H](COCc1ccccc1)c1[nH]nc2ccc(Cl)nc12. The molecular weight excluding hydrogens is 366 g/mol. The third kappa shape index (κ3) is 4.82. The molecular formula is C19H22ClN5O2. The smallest absolute Gasteiger partial charge is 0.240 e. The minimum absolute atomic E-state index is 0.224. The van der Waals surface area contributed by atoms with Crippen LogP contribution in [0.4, 0.5) is 0 Å². The number of nitrogens with two attached hydrogens (primary N) is 1. The van der Waals surface area contributed by atoms with Crippen molar-refractivity contribution >= 4 is 28.5 Å². The van der Waals surface area contributed by atoms with Gasteiger partial charge in [0, 0.05) is 0 Å². The first kappa shape index (κ1) is 19.3. The Hall–Kier alpha value is -2.48. The van der Waals surface area contributed by atoms with Gasteiger partial charge in [-0.05, 0) is 31.5 Å². The van der Waals surface area contributed by atoms with Crippen LogP contribution >= 0.6 is 11.6 Å². The molecule has 0 bridgehead atoms. The fourth-order valence-electron chi connectivity index (χ4n) is 2.54. The molecule has 142 valence electrons. The number of halogens is 1. The summed E-state index contributed by atoms with van der Waals surface area (Å²) in [6.45, 7) is 3.93. The minimum atomic E-state index is -1.03. The van der Waals surface area contributed by atoms with Crippen molar-refractivity contribution < 1.29 is 9.53 Å². The molecule has 2 aromatic heterocycles. The molecule has 1 amide bonds. The van der Waals surface area contributed by atoms with Gasteiger partial charge in [-0.1, -0.05) is 41.9 Å². The molecule has 3 aromatic rings. The number of amides is 1. The summed E-state index contributed by atoms with van der Waals surface area (Å²) < 4.78 is 5.83. The molecule has 0 radical (unpaired) electrons. The number of aromatic amines is 1. The van der Waals surface area contributed by atoms with E-state index in [1.54, 1.807) is 26.0 Å². The van der Waals surface area contributed by atoms with Crippen LogP contribution in [0, 0.1) is 0 Å². The molecule has 0 saturated heterocycles. The Labute approximate surface area is 162 Å². The number of carbonyl (C=O) groups is 1. The van der Waals surface area contributed by atoms with Gasteiger partial charge in [0.25, 0.3) is 0 Å². The van der Waals surface area contributed by atoms with Crippen molar-refractivity contribution in [2.75, 3.05) is 6.61 Å². The van der Waals surface area contributed by atoms with Gasteiger partial charge in [0.15, 0.2) is 0 Å². The van der Waals surface area contributed by atoms with Crippen molar-refractivity contribution in [1.29, 1.82) is 0 Å². The van der Waals surface area contributed by atoms with Gasteiger partial charge in [0.1, 0.15) is 16.2 Å². The van der Waals surface area contributed by atoms with E-state index in [1.165, 1.54) is 0 Å². The third-order valence-corrected chi connectivity index (χ3v) is 4.24. The summed E-state index contributed by atoms with van der Waals surface area (Å²) in [7, 11) is 0. The summed E-state index contributed by atoms with van der Waals surface area (Å²) >= 11 is 6.02. The maximum atomic E-state index is 12.4. The van der Waals surface area contributed by atoms with Gasteiger partial charge in [-0.15, -0.1) is 0 Å². The molecule has 0 saturated carbocycles. The summed E-state index contributed by atoms with van der Waals surface area (Å²) in [6, 6.07) is 12.7. The van der Waals surface area contributed by atoms with Crippen molar-refractivity contribution in [1.82, 2.24) is 20.5 Å². The lowest BCUT2D eigenvalue weighted by molar-refractivity contribution is -0.126. The van der Waals surface area contributed by atoms with Gasteiger partial charge >= 0.3 is 0 Å². The van der Waals surface area contributed by atoms with Crippen LogP contribution in [0.2, 0.25) is 5.15 Å². The van der Waals surface area contributed by atoms with E-state index in [2.05, 4.69) is 20.5 Å². The van der Waals surface area contributed by atoms with Crippen LogP contribution in [0.5, 0.6) is 0 Å². The van der Waals surface area contributed by atoms with Crippen molar-refractivity contribution in [3.05, 3.63) is 58.9 Å². The molecule has 0 aliphatic carbocycles. The molecule has 3 rings (SSSR count). The average molecular weight is 388 g/mol. The number of hydrogen-bond donors (Lipinski definition) is 3. The normalized spacial score (nSPS) is 12.9. The minimum Gasteiger partial charge on any atom is -0.374 e. The topological polar surface area (TPSA) is 106 Å². The van der Waals surface area contributed by atoms with E-state index in [1.807, 2.05) is 30.3 Å². The van der Waals surface area contributed by atoms with E-state index in [0.29, 0.717) is 28.5 Å². The number of pyridine rings is 1. The lowest BCUT2D eigenvalue weighted by Gasteiger charge is -2.23. The standard InChI is InChI=1S/C19H22ClN5O2/c1-19(2,21)18(26)22-14(11-27-10-12-6-4-3-5-7-12)17-16-13(24-25-17)8-9-15(20)23-16/h3-9,14H,10-11,21H2,1-2H3,(H,22,26)(H,24,25)/t14-/m0/s1. The summed E-state index contributed by atoms with van der Waals surface area (Å²) in [5.74, 6) is -0.305. The highest BCUT2D eigenvalue weighted by molar-refractivity contribution is 6.29. The van der Waals surface area contributed by atoms with E-state index in [9.17, 15) is 4.79 Å². The Morgan fingerprint density at radius 3 is 2.74 bits per heavy atom. The van der Waals surface area contributed by atoms with Crippen molar-refractivity contribution in [3.8, 4) is 0 Å². The number of hydrogen-bond acceptors (Lipinski definition) is 5. The van der Waals surface area contributed by atoms with Crippen LogP contribution in [0.15, 0.2) is 42.5 Å².